The average Bonchev–Trinajstić information content (AvgIpc) is 2.28. The lowest BCUT2D eigenvalue weighted by Gasteiger charge is -2.26. The van der Waals surface area contributed by atoms with E-state index in [0.29, 0.717) is 24.0 Å². The Balaban J connectivity index is 2.07. The summed E-state index contributed by atoms with van der Waals surface area (Å²) >= 11 is 0. The predicted molar refractivity (Wildman–Crippen MR) is 66.3 cm³/mol. The van der Waals surface area contributed by atoms with Crippen molar-refractivity contribution in [1.29, 1.82) is 0 Å². The van der Waals surface area contributed by atoms with Gasteiger partial charge in [0.15, 0.2) is 0 Å². The van der Waals surface area contributed by atoms with Crippen molar-refractivity contribution in [2.24, 2.45) is 5.92 Å². The molecule has 0 amide bonds. The van der Waals surface area contributed by atoms with Crippen LogP contribution < -0.4 is 10.3 Å². The van der Waals surface area contributed by atoms with Crippen molar-refractivity contribution < 1.29 is 4.74 Å². The van der Waals surface area contributed by atoms with Crippen LogP contribution in [0.5, 0.6) is 5.88 Å². The monoisotopic (exact) mass is 236 g/mol. The van der Waals surface area contributed by atoms with Crippen LogP contribution >= 0.6 is 0 Å². The first kappa shape index (κ1) is 12.1. The zero-order valence-corrected chi connectivity index (χ0v) is 10.5. The summed E-state index contributed by atoms with van der Waals surface area (Å²) in [6, 6.07) is 1.44. The van der Waals surface area contributed by atoms with E-state index in [9.17, 15) is 4.79 Å². The Hall–Kier alpha value is -1.32. The zero-order chi connectivity index (χ0) is 12.3. The highest BCUT2D eigenvalue weighted by molar-refractivity contribution is 5.09. The molecule has 2 unspecified atom stereocenters. The van der Waals surface area contributed by atoms with Gasteiger partial charge in [-0.15, -0.1) is 0 Å². The summed E-state index contributed by atoms with van der Waals surface area (Å²) in [6.07, 6.45) is 5.56. The number of hydrogen-bond acceptors (Lipinski definition) is 3. The second-order valence-corrected chi connectivity index (χ2v) is 4.90. The molecule has 0 aromatic carbocycles. The van der Waals surface area contributed by atoms with Crippen LogP contribution in [0, 0.1) is 5.92 Å². The van der Waals surface area contributed by atoms with Crippen LogP contribution in [0.3, 0.4) is 0 Å². The molecule has 4 nitrogen and oxygen atoms in total. The second-order valence-electron chi connectivity index (χ2n) is 4.90. The molecule has 1 saturated carbocycles. The fourth-order valence-electron chi connectivity index (χ4n) is 2.37. The van der Waals surface area contributed by atoms with Crippen molar-refractivity contribution in [3.63, 3.8) is 0 Å². The van der Waals surface area contributed by atoms with Gasteiger partial charge in [0.25, 0.3) is 5.56 Å². The maximum atomic E-state index is 11.4. The molecule has 2 atom stereocenters. The van der Waals surface area contributed by atoms with Gasteiger partial charge >= 0.3 is 0 Å². The molecule has 1 aromatic rings. The molecule has 0 aliphatic heterocycles. The Kier molecular flexibility index (Phi) is 3.82. The van der Waals surface area contributed by atoms with E-state index < -0.39 is 0 Å². The molecule has 0 saturated heterocycles. The summed E-state index contributed by atoms with van der Waals surface area (Å²) in [4.78, 5) is 18.4. The van der Waals surface area contributed by atoms with E-state index in [4.69, 9.17) is 4.74 Å². The first-order valence-electron chi connectivity index (χ1n) is 6.44. The molecule has 1 aliphatic carbocycles. The standard InChI is InChI=1S/C13H20N2O2/c1-3-11-14-12(16)8-13(15-11)17-10-6-4-5-9(2)7-10/h8-10H,3-7H2,1-2H3,(H,14,15,16). The van der Waals surface area contributed by atoms with E-state index >= 15 is 0 Å². The van der Waals surface area contributed by atoms with Crippen LogP contribution in [0.4, 0.5) is 0 Å². The van der Waals surface area contributed by atoms with Crippen LogP contribution in [0.15, 0.2) is 10.9 Å². The minimum absolute atomic E-state index is 0.129. The van der Waals surface area contributed by atoms with Crippen molar-refractivity contribution >= 4 is 0 Å². The average molecular weight is 236 g/mol. The normalized spacial score (nSPS) is 24.6. The summed E-state index contributed by atoms with van der Waals surface area (Å²) in [6.45, 7) is 4.21. The number of nitrogens with zero attached hydrogens (tertiary/aromatic N) is 1. The maximum absolute atomic E-state index is 11.4. The number of ether oxygens (including phenoxy) is 1. The van der Waals surface area contributed by atoms with Crippen molar-refractivity contribution in [2.75, 3.05) is 0 Å². The van der Waals surface area contributed by atoms with Crippen molar-refractivity contribution in [2.45, 2.75) is 52.1 Å². The molecule has 1 aliphatic rings. The van der Waals surface area contributed by atoms with E-state index in [1.54, 1.807) is 0 Å². The molecular formula is C13H20N2O2. The Morgan fingerprint density at radius 2 is 2.35 bits per heavy atom. The number of aromatic nitrogens is 2. The smallest absolute Gasteiger partial charge is 0.254 e. The van der Waals surface area contributed by atoms with Gasteiger partial charge in [0.1, 0.15) is 11.9 Å². The van der Waals surface area contributed by atoms with Crippen LogP contribution in [-0.2, 0) is 6.42 Å². The van der Waals surface area contributed by atoms with Gasteiger partial charge in [0.05, 0.1) is 6.07 Å². The molecule has 1 fully saturated rings. The SMILES string of the molecule is CCc1nc(OC2CCCC(C)C2)cc(=O)[nH]1. The molecule has 4 heteroatoms. The molecule has 1 N–H and O–H groups in total. The predicted octanol–water partition coefficient (Wildman–Crippen LogP) is 2.29. The van der Waals surface area contributed by atoms with Crippen molar-refractivity contribution in [1.82, 2.24) is 9.97 Å². The summed E-state index contributed by atoms with van der Waals surface area (Å²) in [5, 5.41) is 0. The molecule has 94 valence electrons. The van der Waals surface area contributed by atoms with Gasteiger partial charge < -0.3 is 9.72 Å². The molecule has 1 aromatic heterocycles. The van der Waals surface area contributed by atoms with E-state index in [1.165, 1.54) is 18.9 Å². The molecule has 0 bridgehead atoms. The Morgan fingerprint density at radius 3 is 3.06 bits per heavy atom. The fourth-order valence-corrected chi connectivity index (χ4v) is 2.37. The van der Waals surface area contributed by atoms with Crippen molar-refractivity contribution in [3.8, 4) is 5.88 Å². The number of H-pyrrole nitrogens is 1. The quantitative estimate of drug-likeness (QED) is 0.876. The lowest BCUT2D eigenvalue weighted by molar-refractivity contribution is 0.123. The highest BCUT2D eigenvalue weighted by Gasteiger charge is 2.20. The van der Waals surface area contributed by atoms with Crippen LogP contribution in [-0.4, -0.2) is 16.1 Å². The highest BCUT2D eigenvalue weighted by atomic mass is 16.5. The summed E-state index contributed by atoms with van der Waals surface area (Å²) in [5.41, 5.74) is -0.129. The van der Waals surface area contributed by atoms with Gasteiger partial charge in [-0.05, 0) is 25.2 Å². The molecule has 0 spiro atoms. The summed E-state index contributed by atoms with van der Waals surface area (Å²) in [7, 11) is 0. The molecular weight excluding hydrogens is 216 g/mol. The summed E-state index contributed by atoms with van der Waals surface area (Å²) < 4.78 is 5.82. The first-order valence-corrected chi connectivity index (χ1v) is 6.44. The zero-order valence-electron chi connectivity index (χ0n) is 10.5. The largest absolute Gasteiger partial charge is 0.474 e. The number of nitrogens with one attached hydrogen (secondary N) is 1. The van der Waals surface area contributed by atoms with Crippen LogP contribution in [0.2, 0.25) is 0 Å². The summed E-state index contributed by atoms with van der Waals surface area (Å²) in [5.74, 6) is 1.88. The second kappa shape index (κ2) is 5.34. The maximum Gasteiger partial charge on any atom is 0.254 e. The van der Waals surface area contributed by atoms with E-state index in [2.05, 4.69) is 16.9 Å². The fraction of sp³-hybridized carbons (Fsp3) is 0.692. The third kappa shape index (κ3) is 3.32. The Labute approximate surface area is 101 Å². The van der Waals surface area contributed by atoms with Crippen molar-refractivity contribution in [3.05, 3.63) is 22.2 Å². The molecule has 1 heterocycles. The Bertz CT molecular complexity index is 428. The molecule has 17 heavy (non-hydrogen) atoms. The van der Waals surface area contributed by atoms with Gasteiger partial charge in [-0.3, -0.25) is 4.79 Å². The third-order valence-electron chi connectivity index (χ3n) is 3.28. The highest BCUT2D eigenvalue weighted by Crippen LogP contribution is 2.26. The molecule has 0 radical (unpaired) electrons. The van der Waals surface area contributed by atoms with Gasteiger partial charge in [-0.2, -0.15) is 0 Å². The minimum Gasteiger partial charge on any atom is -0.474 e. The van der Waals surface area contributed by atoms with Gasteiger partial charge in [0, 0.05) is 6.42 Å². The molecule has 2 rings (SSSR count). The van der Waals surface area contributed by atoms with E-state index in [-0.39, 0.29) is 11.7 Å². The third-order valence-corrected chi connectivity index (χ3v) is 3.28. The topological polar surface area (TPSA) is 55.0 Å². The number of aryl methyl sites for hydroxylation is 1. The van der Waals surface area contributed by atoms with Crippen LogP contribution in [0.25, 0.3) is 0 Å². The number of rotatable bonds is 3. The number of hydrogen-bond donors (Lipinski definition) is 1. The first-order chi connectivity index (χ1) is 8.17. The van der Waals surface area contributed by atoms with Crippen LogP contribution in [0.1, 0.15) is 45.4 Å². The number of aromatic amines is 1. The van der Waals surface area contributed by atoms with Gasteiger partial charge in [-0.25, -0.2) is 4.98 Å². The van der Waals surface area contributed by atoms with E-state index in [0.717, 1.165) is 12.8 Å². The van der Waals surface area contributed by atoms with E-state index in [1.807, 2.05) is 6.92 Å². The van der Waals surface area contributed by atoms with Gasteiger partial charge in [-0.1, -0.05) is 20.3 Å². The lowest BCUT2D eigenvalue weighted by atomic mass is 9.89. The Morgan fingerprint density at radius 1 is 1.53 bits per heavy atom. The van der Waals surface area contributed by atoms with Gasteiger partial charge in [0.2, 0.25) is 5.88 Å². The minimum atomic E-state index is -0.129. The lowest BCUT2D eigenvalue weighted by Crippen LogP contribution is -2.25.